The van der Waals surface area contributed by atoms with Crippen LogP contribution >= 0.6 is 11.8 Å². The molecule has 7 heteroatoms. The van der Waals surface area contributed by atoms with Crippen LogP contribution in [0.15, 0.2) is 5.16 Å². The van der Waals surface area contributed by atoms with Crippen molar-refractivity contribution < 1.29 is 4.79 Å². The molecule has 1 aromatic rings. The summed E-state index contributed by atoms with van der Waals surface area (Å²) in [7, 11) is 0. The summed E-state index contributed by atoms with van der Waals surface area (Å²) in [4.78, 5) is 11.3. The molecule has 0 unspecified atom stereocenters. The van der Waals surface area contributed by atoms with Crippen molar-refractivity contribution in [3.05, 3.63) is 0 Å². The topological polar surface area (TPSA) is 72.7 Å². The number of terminal acetylenes is 1. The number of rotatable bonds is 5. The van der Waals surface area contributed by atoms with Gasteiger partial charge in [0.1, 0.15) is 0 Å². The molecule has 0 aliphatic heterocycles. The maximum Gasteiger partial charge on any atom is 0.231 e. The molecular weight excluding hydrogens is 226 g/mol. The molecule has 0 fully saturated rings. The van der Waals surface area contributed by atoms with Gasteiger partial charge in [0, 0.05) is 0 Å². The lowest BCUT2D eigenvalue weighted by Gasteiger charge is -2.06. The van der Waals surface area contributed by atoms with Crippen molar-refractivity contribution >= 4 is 17.7 Å². The summed E-state index contributed by atoms with van der Waals surface area (Å²) in [6.07, 6.45) is 5.02. The molecular formula is C9H13N5OS. The van der Waals surface area contributed by atoms with Crippen molar-refractivity contribution in [2.45, 2.75) is 25.0 Å². The highest BCUT2D eigenvalue weighted by Gasteiger charge is 2.11. The van der Waals surface area contributed by atoms with E-state index in [4.69, 9.17) is 6.42 Å². The van der Waals surface area contributed by atoms with E-state index in [9.17, 15) is 4.79 Å². The maximum absolute atomic E-state index is 11.3. The molecule has 1 aromatic heterocycles. The Balaban J connectivity index is 2.46. The van der Waals surface area contributed by atoms with Crippen LogP contribution in [0.5, 0.6) is 0 Å². The van der Waals surface area contributed by atoms with Gasteiger partial charge < -0.3 is 5.32 Å². The smallest absolute Gasteiger partial charge is 0.231 e. The summed E-state index contributed by atoms with van der Waals surface area (Å²) >= 11 is 1.29. The van der Waals surface area contributed by atoms with Gasteiger partial charge in [0.2, 0.25) is 11.1 Å². The van der Waals surface area contributed by atoms with E-state index in [1.807, 2.05) is 13.8 Å². The first-order valence-corrected chi connectivity index (χ1v) is 5.74. The van der Waals surface area contributed by atoms with Crippen molar-refractivity contribution in [3.63, 3.8) is 0 Å². The van der Waals surface area contributed by atoms with Crippen LogP contribution in [0.1, 0.15) is 19.9 Å². The van der Waals surface area contributed by atoms with E-state index < -0.39 is 0 Å². The fraction of sp³-hybridized carbons (Fsp3) is 0.556. The highest BCUT2D eigenvalue weighted by atomic mass is 32.2. The normalized spacial score (nSPS) is 10.1. The maximum atomic E-state index is 11.3. The first-order valence-electron chi connectivity index (χ1n) is 4.76. The van der Waals surface area contributed by atoms with E-state index in [0.717, 1.165) is 0 Å². The van der Waals surface area contributed by atoms with Gasteiger partial charge in [-0.2, -0.15) is 0 Å². The Bertz CT molecular complexity index is 395. The van der Waals surface area contributed by atoms with Crippen LogP contribution in [0.4, 0.5) is 0 Å². The highest BCUT2D eigenvalue weighted by Crippen LogP contribution is 2.16. The average molecular weight is 239 g/mol. The Morgan fingerprint density at radius 2 is 2.44 bits per heavy atom. The van der Waals surface area contributed by atoms with Gasteiger partial charge in [-0.3, -0.25) is 4.79 Å². The lowest BCUT2D eigenvalue weighted by atomic mass is 10.4. The van der Waals surface area contributed by atoms with Gasteiger partial charge in [-0.05, 0) is 24.3 Å². The molecule has 0 spiro atoms. The number of thioether (sulfide) groups is 1. The van der Waals surface area contributed by atoms with E-state index in [2.05, 4.69) is 26.8 Å². The molecule has 1 heterocycles. The van der Waals surface area contributed by atoms with Gasteiger partial charge >= 0.3 is 0 Å². The molecule has 0 aliphatic carbocycles. The molecule has 1 N–H and O–H groups in total. The fourth-order valence-electron chi connectivity index (χ4n) is 0.935. The molecule has 0 radical (unpaired) electrons. The highest BCUT2D eigenvalue weighted by molar-refractivity contribution is 7.99. The second kappa shape index (κ2) is 6.12. The van der Waals surface area contributed by atoms with E-state index in [-0.39, 0.29) is 24.2 Å². The Hall–Kier alpha value is -1.55. The van der Waals surface area contributed by atoms with E-state index in [1.165, 1.54) is 11.8 Å². The monoisotopic (exact) mass is 239 g/mol. The molecule has 0 atom stereocenters. The van der Waals surface area contributed by atoms with Crippen LogP contribution in [-0.4, -0.2) is 38.4 Å². The quantitative estimate of drug-likeness (QED) is 0.582. The number of nitrogens with zero attached hydrogens (tertiary/aromatic N) is 4. The van der Waals surface area contributed by atoms with Gasteiger partial charge in [-0.1, -0.05) is 17.7 Å². The molecule has 0 bridgehead atoms. The average Bonchev–Trinajstić information content (AvgIpc) is 2.71. The minimum absolute atomic E-state index is 0.124. The third-order valence-electron chi connectivity index (χ3n) is 1.67. The Morgan fingerprint density at radius 1 is 1.69 bits per heavy atom. The van der Waals surface area contributed by atoms with Crippen molar-refractivity contribution in [2.75, 3.05) is 12.3 Å². The second-order valence-electron chi connectivity index (χ2n) is 3.27. The molecule has 0 saturated carbocycles. The van der Waals surface area contributed by atoms with Gasteiger partial charge in [-0.25, -0.2) is 4.68 Å². The van der Waals surface area contributed by atoms with Gasteiger partial charge in [0.25, 0.3) is 0 Å². The zero-order valence-corrected chi connectivity index (χ0v) is 9.99. The summed E-state index contributed by atoms with van der Waals surface area (Å²) in [5.74, 6) is 2.47. The summed E-state index contributed by atoms with van der Waals surface area (Å²) < 4.78 is 1.67. The first-order chi connectivity index (χ1) is 7.65. The van der Waals surface area contributed by atoms with Crippen molar-refractivity contribution in [1.29, 1.82) is 0 Å². The molecule has 6 nitrogen and oxygen atoms in total. The number of nitrogens with one attached hydrogen (secondary N) is 1. The predicted octanol–water partition coefficient (Wildman–Crippen LogP) is 0.0955. The number of aromatic nitrogens is 4. The van der Waals surface area contributed by atoms with E-state index in [1.54, 1.807) is 4.68 Å². The van der Waals surface area contributed by atoms with Crippen molar-refractivity contribution in [1.82, 2.24) is 25.5 Å². The van der Waals surface area contributed by atoms with Gasteiger partial charge in [-0.15, -0.1) is 11.5 Å². The molecule has 16 heavy (non-hydrogen) atoms. The van der Waals surface area contributed by atoms with Gasteiger partial charge in [0.15, 0.2) is 0 Å². The molecule has 1 amide bonds. The van der Waals surface area contributed by atoms with E-state index in [0.29, 0.717) is 5.16 Å². The van der Waals surface area contributed by atoms with Crippen LogP contribution in [0.3, 0.4) is 0 Å². The van der Waals surface area contributed by atoms with Crippen molar-refractivity contribution in [3.8, 4) is 12.3 Å². The zero-order chi connectivity index (χ0) is 12.0. The summed E-state index contributed by atoms with van der Waals surface area (Å²) in [5.41, 5.74) is 0. The second-order valence-corrected chi connectivity index (χ2v) is 4.21. The fourth-order valence-corrected chi connectivity index (χ4v) is 1.77. The zero-order valence-electron chi connectivity index (χ0n) is 9.17. The predicted molar refractivity (Wildman–Crippen MR) is 60.8 cm³/mol. The largest absolute Gasteiger partial charge is 0.344 e. The summed E-state index contributed by atoms with van der Waals surface area (Å²) in [6, 6.07) is 0.172. The summed E-state index contributed by atoms with van der Waals surface area (Å²) in [6.45, 7) is 4.19. The van der Waals surface area contributed by atoms with Crippen LogP contribution in [0.2, 0.25) is 0 Å². The van der Waals surface area contributed by atoms with Crippen LogP contribution in [0.25, 0.3) is 0 Å². The standard InChI is InChI=1S/C9H13N5OS/c1-4-5-10-8(15)6-16-9-11-12-13-14(9)7(2)3/h1,7H,5-6H2,2-3H3,(H,10,15). The first kappa shape index (κ1) is 12.5. The summed E-state index contributed by atoms with van der Waals surface area (Å²) in [5, 5.41) is 14.4. The molecule has 0 aromatic carbocycles. The van der Waals surface area contributed by atoms with E-state index >= 15 is 0 Å². The lowest BCUT2D eigenvalue weighted by molar-refractivity contribution is -0.118. The lowest BCUT2D eigenvalue weighted by Crippen LogP contribution is -2.25. The minimum atomic E-state index is -0.124. The number of tetrazole rings is 1. The van der Waals surface area contributed by atoms with Crippen LogP contribution in [-0.2, 0) is 4.79 Å². The van der Waals surface area contributed by atoms with Crippen LogP contribution in [0, 0.1) is 12.3 Å². The number of hydrogen-bond donors (Lipinski definition) is 1. The Labute approximate surface area is 98.2 Å². The number of hydrogen-bond acceptors (Lipinski definition) is 5. The Kier molecular flexibility index (Phi) is 4.79. The molecule has 86 valence electrons. The number of carbonyl (C=O) groups excluding carboxylic acids is 1. The molecule has 0 saturated heterocycles. The number of amides is 1. The third kappa shape index (κ3) is 3.55. The number of carbonyl (C=O) groups is 1. The van der Waals surface area contributed by atoms with Gasteiger partial charge in [0.05, 0.1) is 18.3 Å². The SMILES string of the molecule is C#CCNC(=O)CSc1nnnn1C(C)C. The molecule has 0 aliphatic rings. The minimum Gasteiger partial charge on any atom is -0.344 e. The third-order valence-corrected chi connectivity index (χ3v) is 2.61. The van der Waals surface area contributed by atoms with Crippen molar-refractivity contribution in [2.24, 2.45) is 0 Å². The molecule has 1 rings (SSSR count). The Morgan fingerprint density at radius 3 is 3.06 bits per heavy atom. The van der Waals surface area contributed by atoms with Crippen LogP contribution < -0.4 is 5.32 Å².